The summed E-state index contributed by atoms with van der Waals surface area (Å²) in [5, 5.41) is 0. The van der Waals surface area contributed by atoms with Crippen molar-refractivity contribution in [2.75, 3.05) is 11.9 Å². The van der Waals surface area contributed by atoms with Crippen molar-refractivity contribution in [2.24, 2.45) is 9.39 Å². The second-order valence-electron chi connectivity index (χ2n) is 6.81. The number of hydrogen-bond donors (Lipinski definition) is 0. The molecule has 6 nitrogen and oxygen atoms in total. The Labute approximate surface area is 175 Å². The fraction of sp³-hybridized carbons (Fsp3) is 0.0870. The lowest BCUT2D eigenvalue weighted by atomic mass is 10.1. The number of sulfonamides is 1. The number of ketones is 1. The topological polar surface area (TPSA) is 79.2 Å². The van der Waals surface area contributed by atoms with Crippen LogP contribution in [0.25, 0.3) is 0 Å². The number of carbonyl (C=O) groups excluding carboxylic acids is 1. The maximum absolute atomic E-state index is 12.9. The average Bonchev–Trinajstić information content (AvgIpc) is 3.00. The van der Waals surface area contributed by atoms with Crippen LogP contribution in [-0.2, 0) is 10.0 Å². The fourth-order valence-corrected chi connectivity index (χ4v) is 4.37. The van der Waals surface area contributed by atoms with Crippen LogP contribution in [0, 0.1) is 0 Å². The van der Waals surface area contributed by atoms with Crippen LogP contribution in [0.4, 0.5) is 11.4 Å². The second kappa shape index (κ2) is 7.68. The predicted molar refractivity (Wildman–Crippen MR) is 119 cm³/mol. The van der Waals surface area contributed by atoms with Gasteiger partial charge in [-0.05, 0) is 37.3 Å². The lowest BCUT2D eigenvalue weighted by molar-refractivity contribution is 0.101. The van der Waals surface area contributed by atoms with Crippen LogP contribution in [0.5, 0.6) is 0 Å². The van der Waals surface area contributed by atoms with Crippen molar-refractivity contribution < 1.29 is 13.2 Å². The highest BCUT2D eigenvalue weighted by Gasteiger charge is 2.31. The molecular weight excluding hydrogens is 398 g/mol. The van der Waals surface area contributed by atoms with Crippen molar-refractivity contribution in [3.8, 4) is 0 Å². The number of benzene rings is 3. The number of para-hydroxylation sites is 2. The van der Waals surface area contributed by atoms with Crippen LogP contribution >= 0.6 is 0 Å². The molecule has 30 heavy (non-hydrogen) atoms. The highest BCUT2D eigenvalue weighted by atomic mass is 32.2. The molecule has 1 aliphatic rings. The van der Waals surface area contributed by atoms with Gasteiger partial charge in [-0.2, -0.15) is 8.42 Å². The average molecular weight is 417 g/mol. The minimum absolute atomic E-state index is 0.102. The van der Waals surface area contributed by atoms with E-state index >= 15 is 0 Å². The van der Waals surface area contributed by atoms with Crippen molar-refractivity contribution in [3.05, 3.63) is 90.0 Å². The Morgan fingerprint density at radius 1 is 0.867 bits per heavy atom. The highest BCUT2D eigenvalue weighted by Crippen LogP contribution is 2.32. The van der Waals surface area contributed by atoms with Gasteiger partial charge in [-0.3, -0.25) is 4.79 Å². The van der Waals surface area contributed by atoms with Crippen molar-refractivity contribution >= 4 is 38.7 Å². The molecule has 0 bridgehead atoms. The van der Waals surface area contributed by atoms with E-state index in [2.05, 4.69) is 9.39 Å². The van der Waals surface area contributed by atoms with Gasteiger partial charge in [0.15, 0.2) is 11.6 Å². The summed E-state index contributed by atoms with van der Waals surface area (Å²) in [6.07, 6.45) is 0. The first-order valence-electron chi connectivity index (χ1n) is 9.30. The van der Waals surface area contributed by atoms with E-state index in [9.17, 15) is 13.2 Å². The lowest BCUT2D eigenvalue weighted by Gasteiger charge is -2.13. The molecule has 4 rings (SSSR count). The molecule has 0 unspecified atom stereocenters. The number of hydrogen-bond acceptors (Lipinski definition) is 4. The minimum atomic E-state index is -3.95. The third-order valence-electron chi connectivity index (χ3n) is 4.81. The molecule has 7 heteroatoms. The van der Waals surface area contributed by atoms with Crippen molar-refractivity contribution in [2.45, 2.75) is 11.8 Å². The Balaban J connectivity index is 1.94. The van der Waals surface area contributed by atoms with Crippen LogP contribution in [0.3, 0.4) is 0 Å². The highest BCUT2D eigenvalue weighted by molar-refractivity contribution is 7.90. The number of rotatable bonds is 4. The van der Waals surface area contributed by atoms with E-state index in [1.54, 1.807) is 54.4 Å². The molecule has 0 atom stereocenters. The van der Waals surface area contributed by atoms with Gasteiger partial charge in [0, 0.05) is 18.2 Å². The van der Waals surface area contributed by atoms with E-state index in [-0.39, 0.29) is 16.5 Å². The Kier molecular flexibility index (Phi) is 5.05. The smallest absolute Gasteiger partial charge is 0.284 e. The summed E-state index contributed by atoms with van der Waals surface area (Å²) in [5.74, 6) is 0.0865. The summed E-state index contributed by atoms with van der Waals surface area (Å²) < 4.78 is 30.0. The Morgan fingerprint density at radius 3 is 2.23 bits per heavy atom. The number of anilines is 1. The molecule has 0 N–H and O–H groups in total. The third kappa shape index (κ3) is 3.55. The maximum Gasteiger partial charge on any atom is 0.284 e. The maximum atomic E-state index is 12.9. The first-order chi connectivity index (χ1) is 14.4. The fourth-order valence-electron chi connectivity index (χ4n) is 3.32. The quantitative estimate of drug-likeness (QED) is 0.595. The van der Waals surface area contributed by atoms with E-state index in [4.69, 9.17) is 0 Å². The Bertz CT molecular complexity index is 1300. The van der Waals surface area contributed by atoms with Gasteiger partial charge in [-0.15, -0.1) is 4.40 Å². The van der Waals surface area contributed by atoms with Gasteiger partial charge in [0.05, 0.1) is 16.3 Å². The Morgan fingerprint density at radius 2 is 1.50 bits per heavy atom. The number of Topliss-reactive ketones (excluding diaryl/α,β-unsaturated/α-hetero) is 1. The van der Waals surface area contributed by atoms with E-state index in [0.717, 1.165) is 11.3 Å². The summed E-state index contributed by atoms with van der Waals surface area (Å²) >= 11 is 0. The van der Waals surface area contributed by atoms with Crippen molar-refractivity contribution in [1.82, 2.24) is 0 Å². The van der Waals surface area contributed by atoms with Crippen LogP contribution in [-0.4, -0.2) is 32.8 Å². The number of nitrogens with zero attached hydrogens (tertiary/aromatic N) is 3. The molecule has 3 aromatic carbocycles. The van der Waals surface area contributed by atoms with E-state index in [0.29, 0.717) is 17.0 Å². The molecule has 0 fully saturated rings. The third-order valence-corrected chi connectivity index (χ3v) is 6.09. The summed E-state index contributed by atoms with van der Waals surface area (Å²) in [5.41, 5.74) is 2.87. The van der Waals surface area contributed by atoms with E-state index < -0.39 is 10.0 Å². The largest absolute Gasteiger partial charge is 0.326 e. The molecule has 150 valence electrons. The van der Waals surface area contributed by atoms with Crippen LogP contribution < -0.4 is 4.90 Å². The summed E-state index contributed by atoms with van der Waals surface area (Å²) in [7, 11) is -2.20. The normalized spacial score (nSPS) is 16.1. The number of aliphatic imine (C=N–C) groups is 1. The van der Waals surface area contributed by atoms with Gasteiger partial charge in [0.25, 0.3) is 10.0 Å². The molecule has 0 saturated heterocycles. The monoisotopic (exact) mass is 417 g/mol. The van der Waals surface area contributed by atoms with Crippen LogP contribution in [0.1, 0.15) is 22.8 Å². The molecule has 0 amide bonds. The second-order valence-corrected chi connectivity index (χ2v) is 8.42. The minimum Gasteiger partial charge on any atom is -0.326 e. The van der Waals surface area contributed by atoms with Gasteiger partial charge in [-0.25, -0.2) is 4.99 Å². The van der Waals surface area contributed by atoms with E-state index in [1.165, 1.54) is 19.1 Å². The zero-order chi connectivity index (χ0) is 21.3. The van der Waals surface area contributed by atoms with Gasteiger partial charge in [0.1, 0.15) is 5.71 Å². The predicted octanol–water partition coefficient (Wildman–Crippen LogP) is 4.25. The molecule has 0 radical (unpaired) electrons. The molecular formula is C23H19N3O3S. The summed E-state index contributed by atoms with van der Waals surface area (Å²) in [6.45, 7) is 1.47. The molecule has 1 aliphatic heterocycles. The lowest BCUT2D eigenvalue weighted by Crippen LogP contribution is -2.27. The summed E-state index contributed by atoms with van der Waals surface area (Å²) in [4.78, 5) is 18.5. The number of amidine groups is 1. The SMILES string of the molecule is CC(=O)c1ccccc1N=C1C(=NS(=O)(=O)c2ccccc2)N(C)c2ccccc21. The summed E-state index contributed by atoms with van der Waals surface area (Å²) in [6, 6.07) is 22.5. The number of carbonyl (C=O) groups is 1. The zero-order valence-corrected chi connectivity index (χ0v) is 17.3. The zero-order valence-electron chi connectivity index (χ0n) is 16.5. The molecule has 3 aromatic rings. The van der Waals surface area contributed by atoms with Gasteiger partial charge in [-0.1, -0.05) is 48.5 Å². The van der Waals surface area contributed by atoms with Gasteiger partial charge in [0.2, 0.25) is 0 Å². The molecule has 0 saturated carbocycles. The first kappa shape index (κ1) is 19.7. The van der Waals surface area contributed by atoms with Crippen LogP contribution in [0.15, 0.2) is 93.1 Å². The van der Waals surface area contributed by atoms with Crippen LogP contribution in [0.2, 0.25) is 0 Å². The van der Waals surface area contributed by atoms with Crippen molar-refractivity contribution in [3.63, 3.8) is 0 Å². The Hall–Kier alpha value is -3.58. The molecule has 0 aliphatic carbocycles. The van der Waals surface area contributed by atoms with Gasteiger partial charge < -0.3 is 4.90 Å². The number of fused-ring (bicyclic) bond motifs is 1. The van der Waals surface area contributed by atoms with Gasteiger partial charge >= 0.3 is 0 Å². The first-order valence-corrected chi connectivity index (χ1v) is 10.7. The molecule has 0 aromatic heterocycles. The van der Waals surface area contributed by atoms with E-state index in [1.807, 2.05) is 24.3 Å². The van der Waals surface area contributed by atoms with Crippen molar-refractivity contribution in [1.29, 1.82) is 0 Å². The number of likely N-dealkylation sites (N-methyl/N-ethyl adjacent to an activating group) is 1. The standard InChI is InChI=1S/C23H19N3O3S/c1-16(27)18-12-6-8-14-20(18)24-22-19-13-7-9-15-21(19)26(2)23(22)25-30(28,29)17-10-4-3-5-11-17/h3-15H,1-2H3. The molecule has 0 spiro atoms. The molecule has 1 heterocycles.